The first-order valence-corrected chi connectivity index (χ1v) is 4.80. The number of amides is 1. The van der Waals surface area contributed by atoms with E-state index in [1.54, 1.807) is 4.90 Å². The molecule has 86 valence electrons. The normalized spacial score (nSPS) is 26.1. The maximum atomic E-state index is 10.9. The maximum Gasteiger partial charge on any atom is 0.336 e. The fourth-order valence-corrected chi connectivity index (χ4v) is 1.71. The van der Waals surface area contributed by atoms with Crippen LogP contribution in [-0.2, 0) is 9.59 Å². The van der Waals surface area contributed by atoms with E-state index in [2.05, 4.69) is 0 Å². The predicted molar refractivity (Wildman–Crippen MR) is 52.0 cm³/mol. The van der Waals surface area contributed by atoms with E-state index < -0.39 is 11.6 Å². The Morgan fingerprint density at radius 3 is 2.60 bits per heavy atom. The number of likely N-dealkylation sites (tertiary alicyclic amines) is 1. The molecule has 1 rings (SSSR count). The summed E-state index contributed by atoms with van der Waals surface area (Å²) in [6, 6.07) is 0. The van der Waals surface area contributed by atoms with Gasteiger partial charge in [-0.25, -0.2) is 4.79 Å². The molecule has 0 aliphatic carbocycles. The van der Waals surface area contributed by atoms with Crippen molar-refractivity contribution < 1.29 is 19.8 Å². The van der Waals surface area contributed by atoms with Crippen LogP contribution in [0.2, 0.25) is 0 Å². The molecule has 0 aromatic heterocycles. The number of aliphatic carboxylic acids is 1. The second-order valence-corrected chi connectivity index (χ2v) is 4.20. The van der Waals surface area contributed by atoms with Crippen LogP contribution in [0.5, 0.6) is 0 Å². The molecule has 0 radical (unpaired) electrons. The number of primary amides is 1. The zero-order valence-electron chi connectivity index (χ0n) is 8.64. The van der Waals surface area contributed by atoms with Gasteiger partial charge in [0.2, 0.25) is 5.91 Å². The number of carboxylic acid groups (broad SMARTS) is 1. The van der Waals surface area contributed by atoms with Gasteiger partial charge in [-0.3, -0.25) is 9.69 Å². The van der Waals surface area contributed by atoms with E-state index in [0.29, 0.717) is 19.5 Å². The lowest BCUT2D eigenvalue weighted by molar-refractivity contribution is -0.158. The number of hydrogen-bond acceptors (Lipinski definition) is 4. The second kappa shape index (κ2) is 4.16. The second-order valence-electron chi connectivity index (χ2n) is 4.20. The Hall–Kier alpha value is -1.14. The van der Waals surface area contributed by atoms with Crippen LogP contribution in [0.3, 0.4) is 0 Å². The van der Waals surface area contributed by atoms with Gasteiger partial charge in [0.1, 0.15) is 0 Å². The molecule has 1 aliphatic rings. The Bertz CT molecular complexity index is 277. The molecule has 0 aromatic rings. The summed E-state index contributed by atoms with van der Waals surface area (Å²) < 4.78 is 0. The zero-order valence-corrected chi connectivity index (χ0v) is 8.64. The van der Waals surface area contributed by atoms with Crippen LogP contribution in [0.4, 0.5) is 0 Å². The maximum absolute atomic E-state index is 10.9. The van der Waals surface area contributed by atoms with Gasteiger partial charge < -0.3 is 15.9 Å². The lowest BCUT2D eigenvalue weighted by Gasteiger charge is -2.24. The lowest BCUT2D eigenvalue weighted by atomic mass is 10.1. The van der Waals surface area contributed by atoms with Crippen LogP contribution in [0.25, 0.3) is 0 Å². The van der Waals surface area contributed by atoms with Gasteiger partial charge in [-0.1, -0.05) is 0 Å². The van der Waals surface area contributed by atoms with E-state index >= 15 is 0 Å². The van der Waals surface area contributed by atoms with Crippen molar-refractivity contribution in [2.45, 2.75) is 18.9 Å². The first-order valence-electron chi connectivity index (χ1n) is 4.80. The molecule has 1 aliphatic heterocycles. The number of carbonyl (C=O) groups excluding carboxylic acids is 1. The molecule has 1 heterocycles. The highest BCUT2D eigenvalue weighted by atomic mass is 16.4. The molecule has 1 fully saturated rings. The Balaban J connectivity index is 2.49. The third-order valence-corrected chi connectivity index (χ3v) is 2.67. The fourth-order valence-electron chi connectivity index (χ4n) is 1.71. The van der Waals surface area contributed by atoms with E-state index in [9.17, 15) is 14.7 Å². The van der Waals surface area contributed by atoms with Crippen LogP contribution in [0.15, 0.2) is 0 Å². The summed E-state index contributed by atoms with van der Waals surface area (Å²) in [6.45, 7) is 2.29. The summed E-state index contributed by atoms with van der Waals surface area (Å²) in [6.07, 6.45) is 0.630. The number of rotatable bonds is 4. The summed E-state index contributed by atoms with van der Waals surface area (Å²) in [5.41, 5.74) is 3.37. The number of carbonyl (C=O) groups is 2. The average molecular weight is 216 g/mol. The topological polar surface area (TPSA) is 104 Å². The van der Waals surface area contributed by atoms with E-state index in [4.69, 9.17) is 10.8 Å². The number of carboxylic acids is 1. The molecule has 2 unspecified atom stereocenters. The summed E-state index contributed by atoms with van der Waals surface area (Å²) in [4.78, 5) is 23.3. The molecule has 1 amide bonds. The highest BCUT2D eigenvalue weighted by Crippen LogP contribution is 2.18. The predicted octanol–water partition coefficient (Wildman–Crippen LogP) is -1.37. The minimum absolute atomic E-state index is 0.0200. The summed E-state index contributed by atoms with van der Waals surface area (Å²) in [5.74, 6) is -1.85. The number of hydrogen-bond donors (Lipinski definition) is 3. The van der Waals surface area contributed by atoms with E-state index in [-0.39, 0.29) is 18.4 Å². The van der Waals surface area contributed by atoms with Crippen molar-refractivity contribution in [3.8, 4) is 0 Å². The smallest absolute Gasteiger partial charge is 0.336 e. The van der Waals surface area contributed by atoms with Crippen molar-refractivity contribution in [2.75, 3.05) is 19.6 Å². The van der Waals surface area contributed by atoms with Crippen LogP contribution in [0.1, 0.15) is 13.3 Å². The molecule has 15 heavy (non-hydrogen) atoms. The molecule has 2 atom stereocenters. The standard InChI is InChI=1S/C9H16N2O4/c1-9(15,8(13)14)5-11-3-2-6(4-11)7(10)12/h6,15H,2-5H2,1H3,(H2,10,12)(H,13,14). The molecule has 4 N–H and O–H groups in total. The van der Waals surface area contributed by atoms with Crippen molar-refractivity contribution in [1.82, 2.24) is 4.90 Å². The molecule has 0 spiro atoms. The number of nitrogens with two attached hydrogens (primary N) is 1. The van der Waals surface area contributed by atoms with E-state index in [0.717, 1.165) is 0 Å². The van der Waals surface area contributed by atoms with E-state index in [1.807, 2.05) is 0 Å². The van der Waals surface area contributed by atoms with Crippen molar-refractivity contribution in [3.05, 3.63) is 0 Å². The Morgan fingerprint density at radius 2 is 2.20 bits per heavy atom. The average Bonchev–Trinajstić information content (AvgIpc) is 2.51. The van der Waals surface area contributed by atoms with Crippen molar-refractivity contribution in [2.24, 2.45) is 11.7 Å². The largest absolute Gasteiger partial charge is 0.479 e. The minimum atomic E-state index is -1.77. The molecular weight excluding hydrogens is 200 g/mol. The van der Waals surface area contributed by atoms with Gasteiger partial charge in [0, 0.05) is 13.1 Å². The highest BCUT2D eigenvalue weighted by Gasteiger charge is 2.36. The number of nitrogens with zero attached hydrogens (tertiary/aromatic N) is 1. The van der Waals surface area contributed by atoms with Gasteiger partial charge in [0.15, 0.2) is 5.60 Å². The Labute approximate surface area is 87.7 Å². The quantitative estimate of drug-likeness (QED) is 0.538. The van der Waals surface area contributed by atoms with Gasteiger partial charge in [0.25, 0.3) is 0 Å². The van der Waals surface area contributed by atoms with Crippen molar-refractivity contribution in [3.63, 3.8) is 0 Å². The molecule has 6 heteroatoms. The zero-order chi connectivity index (χ0) is 11.6. The molecule has 1 saturated heterocycles. The van der Waals surface area contributed by atoms with Gasteiger partial charge in [-0.2, -0.15) is 0 Å². The van der Waals surface area contributed by atoms with E-state index in [1.165, 1.54) is 6.92 Å². The molecule has 0 aromatic carbocycles. The highest BCUT2D eigenvalue weighted by molar-refractivity contribution is 5.78. The van der Waals surface area contributed by atoms with Gasteiger partial charge in [-0.05, 0) is 19.9 Å². The summed E-state index contributed by atoms with van der Waals surface area (Å²) in [7, 11) is 0. The molecule has 0 saturated carbocycles. The Kier molecular flexibility index (Phi) is 3.31. The van der Waals surface area contributed by atoms with Crippen LogP contribution in [-0.4, -0.2) is 52.2 Å². The fraction of sp³-hybridized carbons (Fsp3) is 0.778. The minimum Gasteiger partial charge on any atom is -0.479 e. The lowest BCUT2D eigenvalue weighted by Crippen LogP contribution is -2.46. The first kappa shape index (κ1) is 11.9. The third kappa shape index (κ3) is 2.90. The molecule has 6 nitrogen and oxygen atoms in total. The summed E-state index contributed by atoms with van der Waals surface area (Å²) >= 11 is 0. The molecule has 0 bridgehead atoms. The van der Waals surface area contributed by atoms with Gasteiger partial charge in [0.05, 0.1) is 5.92 Å². The SMILES string of the molecule is CC(O)(CN1CCC(C(N)=O)C1)C(=O)O. The van der Waals surface area contributed by atoms with Crippen LogP contribution >= 0.6 is 0 Å². The van der Waals surface area contributed by atoms with Crippen molar-refractivity contribution >= 4 is 11.9 Å². The van der Waals surface area contributed by atoms with Crippen LogP contribution in [0, 0.1) is 5.92 Å². The third-order valence-electron chi connectivity index (χ3n) is 2.67. The van der Waals surface area contributed by atoms with Crippen molar-refractivity contribution in [1.29, 1.82) is 0 Å². The van der Waals surface area contributed by atoms with Crippen LogP contribution < -0.4 is 5.73 Å². The first-order chi connectivity index (χ1) is 6.83. The summed E-state index contributed by atoms with van der Waals surface area (Å²) in [5, 5.41) is 18.2. The molecular formula is C9H16N2O4. The Morgan fingerprint density at radius 1 is 1.60 bits per heavy atom. The number of aliphatic hydroxyl groups is 1. The van der Waals surface area contributed by atoms with Gasteiger partial charge in [-0.15, -0.1) is 0 Å². The monoisotopic (exact) mass is 216 g/mol. The van der Waals surface area contributed by atoms with Gasteiger partial charge >= 0.3 is 5.97 Å². The number of β-amino-alcohol motifs (C(OH)–C–C–N with tert-alkyl or cyclic N) is 1.